The fourth-order valence-corrected chi connectivity index (χ4v) is 3.29. The number of nitrogens with zero attached hydrogens (tertiary/aromatic N) is 1. The van der Waals surface area contributed by atoms with E-state index in [1.807, 2.05) is 18.2 Å². The van der Waals surface area contributed by atoms with E-state index in [9.17, 15) is 0 Å². The predicted octanol–water partition coefficient (Wildman–Crippen LogP) is 4.02. The van der Waals surface area contributed by atoms with Crippen LogP contribution in [0.3, 0.4) is 0 Å². The lowest BCUT2D eigenvalue weighted by Gasteiger charge is -2.14. The zero-order valence-corrected chi connectivity index (χ0v) is 20.4. The maximum absolute atomic E-state index is 5.56. The molecule has 0 aliphatic rings. The smallest absolute Gasteiger partial charge is 0.191 e. The van der Waals surface area contributed by atoms with Crippen LogP contribution in [0.15, 0.2) is 47.6 Å². The Labute approximate surface area is 200 Å². The Bertz CT molecular complexity index is 1070. The van der Waals surface area contributed by atoms with Crippen LogP contribution in [0, 0.1) is 19.3 Å². The summed E-state index contributed by atoms with van der Waals surface area (Å²) in [6, 6.07) is 12.3. The number of guanidine groups is 1. The van der Waals surface area contributed by atoms with Crippen molar-refractivity contribution < 1.29 is 9.47 Å². The second kappa shape index (κ2) is 12.1. The summed E-state index contributed by atoms with van der Waals surface area (Å²) < 4.78 is 10.9. The highest BCUT2D eigenvalue weighted by Crippen LogP contribution is 2.28. The zero-order valence-electron chi connectivity index (χ0n) is 18.1. The highest BCUT2D eigenvalue weighted by Gasteiger charge is 2.07. The van der Waals surface area contributed by atoms with Crippen molar-refractivity contribution in [1.29, 1.82) is 0 Å². The van der Waals surface area contributed by atoms with Crippen LogP contribution in [0.5, 0.6) is 11.5 Å². The SMILES string of the molecule is C#CCOc1cc(CNC(=NC)NCCc2c[nH]c3cc(C)ccc23)ccc1OC.I. The minimum absolute atomic E-state index is 0. The Morgan fingerprint density at radius 1 is 1.16 bits per heavy atom. The molecule has 2 aromatic carbocycles. The normalized spacial score (nSPS) is 10.8. The number of aromatic amines is 1. The molecule has 1 aromatic heterocycles. The lowest BCUT2D eigenvalue weighted by molar-refractivity contribution is 0.330. The molecule has 0 fully saturated rings. The number of fused-ring (bicyclic) bond motifs is 1. The molecule has 0 saturated heterocycles. The van der Waals surface area contributed by atoms with Gasteiger partial charge in [-0.2, -0.15) is 0 Å². The molecule has 0 saturated carbocycles. The van der Waals surface area contributed by atoms with E-state index in [1.165, 1.54) is 22.0 Å². The van der Waals surface area contributed by atoms with E-state index in [1.54, 1.807) is 14.2 Å². The quantitative estimate of drug-likeness (QED) is 0.178. The van der Waals surface area contributed by atoms with Crippen molar-refractivity contribution in [2.24, 2.45) is 4.99 Å². The van der Waals surface area contributed by atoms with E-state index >= 15 is 0 Å². The van der Waals surface area contributed by atoms with Gasteiger partial charge in [0.2, 0.25) is 0 Å². The van der Waals surface area contributed by atoms with E-state index < -0.39 is 0 Å². The third-order valence-corrected chi connectivity index (χ3v) is 4.83. The Balaban J connectivity index is 0.00000341. The molecule has 0 bridgehead atoms. The number of benzene rings is 2. The number of hydrogen-bond donors (Lipinski definition) is 3. The lowest BCUT2D eigenvalue weighted by atomic mass is 10.1. The van der Waals surface area contributed by atoms with Crippen LogP contribution in [-0.4, -0.2) is 38.3 Å². The van der Waals surface area contributed by atoms with Gasteiger partial charge in [0.25, 0.3) is 0 Å². The first-order valence-corrected chi connectivity index (χ1v) is 9.89. The van der Waals surface area contributed by atoms with Gasteiger partial charge in [0.15, 0.2) is 17.5 Å². The number of ether oxygens (including phenoxy) is 2. The number of aliphatic imine (C=N–C) groups is 1. The zero-order chi connectivity index (χ0) is 21.3. The van der Waals surface area contributed by atoms with Crippen LogP contribution >= 0.6 is 24.0 Å². The summed E-state index contributed by atoms with van der Waals surface area (Å²) in [5.41, 5.74) is 4.76. The number of aromatic nitrogens is 1. The second-order valence-corrected chi connectivity index (χ2v) is 6.94. The number of halogens is 1. The number of aryl methyl sites for hydroxylation is 1. The maximum atomic E-state index is 5.56. The topological polar surface area (TPSA) is 70.7 Å². The minimum atomic E-state index is 0. The van der Waals surface area contributed by atoms with Crippen molar-refractivity contribution in [3.8, 4) is 23.8 Å². The number of nitrogens with one attached hydrogen (secondary N) is 3. The van der Waals surface area contributed by atoms with Gasteiger partial charge < -0.3 is 25.1 Å². The third kappa shape index (κ3) is 6.56. The molecule has 0 unspecified atom stereocenters. The summed E-state index contributed by atoms with van der Waals surface area (Å²) in [4.78, 5) is 7.65. The van der Waals surface area contributed by atoms with Gasteiger partial charge in [0.1, 0.15) is 6.61 Å². The van der Waals surface area contributed by atoms with Crippen LogP contribution in [0.2, 0.25) is 0 Å². The Morgan fingerprint density at radius 3 is 2.74 bits per heavy atom. The van der Waals surface area contributed by atoms with Gasteiger partial charge in [-0.05, 0) is 48.2 Å². The first-order valence-electron chi connectivity index (χ1n) is 9.89. The number of H-pyrrole nitrogens is 1. The van der Waals surface area contributed by atoms with Gasteiger partial charge in [0, 0.05) is 37.2 Å². The van der Waals surface area contributed by atoms with E-state index in [-0.39, 0.29) is 30.6 Å². The average molecular weight is 532 g/mol. The largest absolute Gasteiger partial charge is 0.493 e. The molecule has 0 atom stereocenters. The highest BCUT2D eigenvalue weighted by atomic mass is 127. The molecule has 0 aliphatic carbocycles. The number of methoxy groups -OCH3 is 1. The molecule has 7 heteroatoms. The monoisotopic (exact) mass is 532 g/mol. The second-order valence-electron chi connectivity index (χ2n) is 6.94. The molecule has 3 N–H and O–H groups in total. The van der Waals surface area contributed by atoms with Crippen LogP contribution < -0.4 is 20.1 Å². The first kappa shape index (κ1) is 24.4. The molecular formula is C24H29IN4O2. The van der Waals surface area contributed by atoms with Crippen molar-refractivity contribution in [2.75, 3.05) is 27.3 Å². The van der Waals surface area contributed by atoms with Crippen molar-refractivity contribution >= 4 is 40.8 Å². The molecule has 0 amide bonds. The van der Waals surface area contributed by atoms with Gasteiger partial charge in [-0.25, -0.2) is 0 Å². The summed E-state index contributed by atoms with van der Waals surface area (Å²) >= 11 is 0. The maximum Gasteiger partial charge on any atom is 0.191 e. The van der Waals surface area contributed by atoms with Gasteiger partial charge in [-0.1, -0.05) is 24.1 Å². The molecule has 3 rings (SSSR count). The molecule has 0 radical (unpaired) electrons. The van der Waals surface area contributed by atoms with E-state index in [4.69, 9.17) is 15.9 Å². The summed E-state index contributed by atoms with van der Waals surface area (Å²) in [6.45, 7) is 3.68. The summed E-state index contributed by atoms with van der Waals surface area (Å²) in [6.07, 6.45) is 8.27. The van der Waals surface area contributed by atoms with Crippen molar-refractivity contribution in [3.05, 3.63) is 59.3 Å². The van der Waals surface area contributed by atoms with Crippen molar-refractivity contribution in [3.63, 3.8) is 0 Å². The van der Waals surface area contributed by atoms with Crippen LogP contribution in [0.25, 0.3) is 10.9 Å². The van der Waals surface area contributed by atoms with Gasteiger partial charge >= 0.3 is 0 Å². The fourth-order valence-electron chi connectivity index (χ4n) is 3.29. The molecule has 6 nitrogen and oxygen atoms in total. The number of rotatable bonds is 8. The standard InChI is InChI=1S/C24H28N4O2.HI/c1-5-12-30-23-14-18(7-9-22(23)29-4)15-28-24(25-3)26-11-10-19-16-27-21-13-17(2)6-8-20(19)21;/h1,6-9,13-14,16,27H,10-12,15H2,2-4H3,(H2,25,26,28);1H. The minimum Gasteiger partial charge on any atom is -0.493 e. The molecule has 0 aliphatic heterocycles. The summed E-state index contributed by atoms with van der Waals surface area (Å²) in [7, 11) is 3.37. The molecule has 0 spiro atoms. The van der Waals surface area contributed by atoms with Crippen molar-refractivity contribution in [1.82, 2.24) is 15.6 Å². The molecule has 3 aromatic rings. The predicted molar refractivity (Wildman–Crippen MR) is 138 cm³/mol. The van der Waals surface area contributed by atoms with Gasteiger partial charge in [-0.15, -0.1) is 30.4 Å². The first-order chi connectivity index (χ1) is 14.6. The van der Waals surface area contributed by atoms with Gasteiger partial charge in [-0.3, -0.25) is 4.99 Å². The Hall–Kier alpha value is -2.86. The number of hydrogen-bond acceptors (Lipinski definition) is 3. The van der Waals surface area contributed by atoms with Crippen LogP contribution in [0.4, 0.5) is 0 Å². The fraction of sp³-hybridized carbons (Fsp3) is 0.292. The Morgan fingerprint density at radius 2 is 2.00 bits per heavy atom. The Kier molecular flexibility index (Phi) is 9.53. The van der Waals surface area contributed by atoms with E-state index in [2.05, 4.69) is 57.9 Å². The van der Waals surface area contributed by atoms with Crippen LogP contribution in [0.1, 0.15) is 16.7 Å². The molecule has 164 valence electrons. The summed E-state index contributed by atoms with van der Waals surface area (Å²) in [5.74, 6) is 4.50. The highest BCUT2D eigenvalue weighted by molar-refractivity contribution is 14.0. The summed E-state index contributed by atoms with van der Waals surface area (Å²) in [5, 5.41) is 7.96. The van der Waals surface area contributed by atoms with Crippen molar-refractivity contribution in [2.45, 2.75) is 19.9 Å². The van der Waals surface area contributed by atoms with E-state index in [0.717, 1.165) is 24.5 Å². The third-order valence-electron chi connectivity index (χ3n) is 4.83. The van der Waals surface area contributed by atoms with Crippen LogP contribution in [-0.2, 0) is 13.0 Å². The molecule has 1 heterocycles. The lowest BCUT2D eigenvalue weighted by Crippen LogP contribution is -2.37. The van der Waals surface area contributed by atoms with E-state index in [0.29, 0.717) is 18.0 Å². The average Bonchev–Trinajstić information content (AvgIpc) is 3.16. The number of terminal acetylenes is 1. The molecular weight excluding hydrogens is 503 g/mol. The van der Waals surface area contributed by atoms with Gasteiger partial charge in [0.05, 0.1) is 7.11 Å². The molecule has 31 heavy (non-hydrogen) atoms.